The Morgan fingerprint density at radius 3 is 2.23 bits per heavy atom. The number of hydrogen-bond donors (Lipinski definition) is 3. The Bertz CT molecular complexity index is 1500. The molecule has 230 valence electrons. The number of anilines is 1. The fourth-order valence-corrected chi connectivity index (χ4v) is 6.07. The van der Waals surface area contributed by atoms with Crippen molar-refractivity contribution >= 4 is 35.5 Å². The molecule has 3 N–H and O–H groups in total. The quantitative estimate of drug-likeness (QED) is 0.0754. The Kier molecular flexibility index (Phi) is 11.7. The van der Waals surface area contributed by atoms with E-state index < -0.39 is 24.1 Å². The molecule has 0 aliphatic heterocycles. The normalized spacial score (nSPS) is 13.4. The van der Waals surface area contributed by atoms with Gasteiger partial charge < -0.3 is 25.2 Å². The first-order chi connectivity index (χ1) is 21.3. The molecule has 8 nitrogen and oxygen atoms in total. The number of ether oxygens (including phenoxy) is 2. The van der Waals surface area contributed by atoms with Crippen LogP contribution in [0.5, 0.6) is 0 Å². The van der Waals surface area contributed by atoms with E-state index in [2.05, 4.69) is 22.8 Å². The molecule has 0 saturated heterocycles. The summed E-state index contributed by atoms with van der Waals surface area (Å²) in [4.78, 5) is 36.9. The Morgan fingerprint density at radius 1 is 0.932 bits per heavy atom. The Morgan fingerprint density at radius 2 is 1.57 bits per heavy atom. The summed E-state index contributed by atoms with van der Waals surface area (Å²) in [5.41, 5.74) is 6.75. The van der Waals surface area contributed by atoms with Gasteiger partial charge in [-0.15, -0.1) is 0 Å². The highest BCUT2D eigenvalue weighted by atomic mass is 32.2. The zero-order valence-corrected chi connectivity index (χ0v) is 26.0. The summed E-state index contributed by atoms with van der Waals surface area (Å²) in [6.45, 7) is 3.88. The van der Waals surface area contributed by atoms with Crippen LogP contribution in [0.1, 0.15) is 54.1 Å². The standard InChI is InChI=1S/C35H38N2O6S/c1-23(11-10-12-24(2)43-34(40)29-17-8-9-18-31(29)36-3)19-20-44-22-32(33(38)39)37-35(41)42-21-30-27-15-6-4-13-25(27)26-14-5-7-16-28(26)30/h4-9,12-19,30,32,36H,10-11,20-22H2,1-3H3,(H,37,41)(H,38,39)/b23-19+,24-12+/t32-/m0/s1. The number of allylic oxidation sites excluding steroid dienone is 3. The summed E-state index contributed by atoms with van der Waals surface area (Å²) < 4.78 is 11.0. The number of hydrogen-bond acceptors (Lipinski definition) is 7. The summed E-state index contributed by atoms with van der Waals surface area (Å²) in [6, 6.07) is 22.2. The van der Waals surface area contributed by atoms with Crippen LogP contribution in [0.2, 0.25) is 0 Å². The van der Waals surface area contributed by atoms with Crippen LogP contribution in [0.15, 0.2) is 96.3 Å². The predicted octanol–water partition coefficient (Wildman–Crippen LogP) is 7.24. The van der Waals surface area contributed by atoms with Gasteiger partial charge in [-0.05, 0) is 67.2 Å². The molecule has 1 aliphatic rings. The van der Waals surface area contributed by atoms with Gasteiger partial charge in [0.2, 0.25) is 0 Å². The largest absolute Gasteiger partial charge is 0.480 e. The predicted molar refractivity (Wildman–Crippen MR) is 175 cm³/mol. The minimum absolute atomic E-state index is 0.0975. The molecule has 4 rings (SSSR count). The summed E-state index contributed by atoms with van der Waals surface area (Å²) >= 11 is 1.42. The lowest BCUT2D eigenvalue weighted by molar-refractivity contribution is -0.138. The number of carbonyl (C=O) groups excluding carboxylic acids is 2. The Balaban J connectivity index is 1.19. The number of aliphatic carboxylic acids is 1. The number of carboxylic acid groups (broad SMARTS) is 1. The number of fused-ring (bicyclic) bond motifs is 3. The monoisotopic (exact) mass is 614 g/mol. The second kappa shape index (κ2) is 15.8. The number of rotatable bonds is 14. The number of carboxylic acids is 1. The van der Waals surface area contributed by atoms with Crippen LogP contribution in [0.25, 0.3) is 11.1 Å². The molecule has 1 aliphatic carbocycles. The fraction of sp³-hybridized carbons (Fsp3) is 0.286. The van der Waals surface area contributed by atoms with Crippen LogP contribution in [0, 0.1) is 0 Å². The van der Waals surface area contributed by atoms with E-state index in [1.807, 2.05) is 67.6 Å². The van der Waals surface area contributed by atoms with Gasteiger partial charge >= 0.3 is 18.0 Å². The van der Waals surface area contributed by atoms with Crippen molar-refractivity contribution in [2.75, 3.05) is 30.5 Å². The molecule has 0 spiro atoms. The summed E-state index contributed by atoms with van der Waals surface area (Å²) in [5, 5.41) is 15.1. The van der Waals surface area contributed by atoms with Gasteiger partial charge in [-0.1, -0.05) is 72.3 Å². The van der Waals surface area contributed by atoms with Gasteiger partial charge in [0.05, 0.1) is 5.56 Å². The van der Waals surface area contributed by atoms with Crippen molar-refractivity contribution in [3.05, 3.63) is 113 Å². The highest BCUT2D eigenvalue weighted by Crippen LogP contribution is 2.44. The maximum absolute atomic E-state index is 12.6. The van der Waals surface area contributed by atoms with Gasteiger partial charge in [0.1, 0.15) is 18.4 Å². The zero-order valence-electron chi connectivity index (χ0n) is 25.2. The maximum atomic E-state index is 12.6. The van der Waals surface area contributed by atoms with Crippen molar-refractivity contribution in [1.82, 2.24) is 5.32 Å². The van der Waals surface area contributed by atoms with Crippen molar-refractivity contribution in [3.63, 3.8) is 0 Å². The molecule has 3 aromatic carbocycles. The molecule has 0 unspecified atom stereocenters. The molecule has 0 aromatic heterocycles. The van der Waals surface area contributed by atoms with Gasteiger partial charge in [-0.25, -0.2) is 14.4 Å². The average molecular weight is 615 g/mol. The second-order valence-corrected chi connectivity index (χ2v) is 11.6. The minimum Gasteiger partial charge on any atom is -0.480 e. The van der Waals surface area contributed by atoms with E-state index >= 15 is 0 Å². The van der Waals surface area contributed by atoms with Crippen LogP contribution in [0.4, 0.5) is 10.5 Å². The first-order valence-corrected chi connectivity index (χ1v) is 15.7. The van der Waals surface area contributed by atoms with E-state index in [9.17, 15) is 19.5 Å². The molecule has 1 amide bonds. The van der Waals surface area contributed by atoms with Crippen LogP contribution in [-0.4, -0.2) is 54.3 Å². The van der Waals surface area contributed by atoms with Crippen LogP contribution in [0.3, 0.4) is 0 Å². The third-order valence-electron chi connectivity index (χ3n) is 7.41. The lowest BCUT2D eigenvalue weighted by Gasteiger charge is -2.17. The van der Waals surface area contributed by atoms with Gasteiger partial charge in [0.15, 0.2) is 0 Å². The van der Waals surface area contributed by atoms with Crippen molar-refractivity contribution in [2.24, 2.45) is 0 Å². The smallest absolute Gasteiger partial charge is 0.407 e. The maximum Gasteiger partial charge on any atom is 0.407 e. The molecule has 3 aromatic rings. The topological polar surface area (TPSA) is 114 Å². The van der Waals surface area contributed by atoms with Crippen molar-refractivity contribution in [2.45, 2.75) is 38.6 Å². The van der Waals surface area contributed by atoms with Gasteiger partial charge in [0.25, 0.3) is 0 Å². The van der Waals surface area contributed by atoms with Crippen molar-refractivity contribution in [1.29, 1.82) is 0 Å². The Labute approximate surface area is 262 Å². The number of nitrogens with one attached hydrogen (secondary N) is 2. The molecule has 1 atom stereocenters. The zero-order chi connectivity index (χ0) is 31.5. The third kappa shape index (κ3) is 8.54. The fourth-order valence-electron chi connectivity index (χ4n) is 5.07. The molecule has 0 fully saturated rings. The third-order valence-corrected chi connectivity index (χ3v) is 8.38. The van der Waals surface area contributed by atoms with Gasteiger partial charge in [-0.2, -0.15) is 11.8 Å². The number of benzene rings is 3. The summed E-state index contributed by atoms with van der Waals surface area (Å²) in [6.07, 6.45) is 4.63. The van der Waals surface area contributed by atoms with Crippen molar-refractivity contribution < 1.29 is 29.0 Å². The highest BCUT2D eigenvalue weighted by Gasteiger charge is 2.29. The van der Waals surface area contributed by atoms with Crippen molar-refractivity contribution in [3.8, 4) is 11.1 Å². The molecular formula is C35H38N2O6S. The molecule has 9 heteroatoms. The van der Waals surface area contributed by atoms with Crippen LogP contribution in [-0.2, 0) is 14.3 Å². The average Bonchev–Trinajstić information content (AvgIpc) is 3.34. The van der Waals surface area contributed by atoms with Crippen LogP contribution >= 0.6 is 11.8 Å². The molecular weight excluding hydrogens is 576 g/mol. The SMILES string of the molecule is CNc1ccccc1C(=O)O/C(C)=C/CC/C(C)=C/CSC[C@H](NC(=O)OCC1c2ccccc2-c2ccccc21)C(=O)O. The molecule has 0 radical (unpaired) electrons. The molecule has 0 saturated carbocycles. The minimum atomic E-state index is -1.11. The number of alkyl carbamates (subject to hydrolysis) is 1. The first-order valence-electron chi connectivity index (χ1n) is 14.5. The molecule has 0 heterocycles. The summed E-state index contributed by atoms with van der Waals surface area (Å²) in [5.74, 6) is -0.287. The number of thioether (sulfide) groups is 1. The van der Waals surface area contributed by atoms with Crippen LogP contribution < -0.4 is 10.6 Å². The number of esters is 1. The lowest BCUT2D eigenvalue weighted by Crippen LogP contribution is -2.43. The number of amides is 1. The van der Waals surface area contributed by atoms with E-state index in [0.717, 1.165) is 34.2 Å². The highest BCUT2D eigenvalue weighted by molar-refractivity contribution is 7.99. The lowest BCUT2D eigenvalue weighted by atomic mass is 9.98. The number of para-hydroxylation sites is 1. The summed E-state index contributed by atoms with van der Waals surface area (Å²) in [7, 11) is 1.76. The van der Waals surface area contributed by atoms with E-state index in [0.29, 0.717) is 29.2 Å². The van der Waals surface area contributed by atoms with E-state index in [4.69, 9.17) is 9.47 Å². The molecule has 0 bridgehead atoms. The van der Waals surface area contributed by atoms with E-state index in [1.54, 1.807) is 26.1 Å². The Hall–Kier alpha value is -4.50. The first kappa shape index (κ1) is 32.4. The molecule has 44 heavy (non-hydrogen) atoms. The number of carbonyl (C=O) groups is 3. The van der Waals surface area contributed by atoms with Gasteiger partial charge in [0, 0.05) is 30.2 Å². The van der Waals surface area contributed by atoms with Gasteiger partial charge in [-0.3, -0.25) is 0 Å². The van der Waals surface area contributed by atoms with E-state index in [1.165, 1.54) is 11.8 Å². The van der Waals surface area contributed by atoms with E-state index in [-0.39, 0.29) is 18.3 Å². The second-order valence-electron chi connectivity index (χ2n) is 10.5.